The second-order valence-corrected chi connectivity index (χ2v) is 5.02. The van der Waals surface area contributed by atoms with Gasteiger partial charge in [0.2, 0.25) is 5.95 Å². The van der Waals surface area contributed by atoms with E-state index in [0.29, 0.717) is 25.0 Å². The fourth-order valence-electron chi connectivity index (χ4n) is 2.09. The van der Waals surface area contributed by atoms with E-state index in [4.69, 9.17) is 9.26 Å². The maximum Gasteiger partial charge on any atom is 0.222 e. The lowest BCUT2D eigenvalue weighted by atomic mass is 10.1. The van der Waals surface area contributed by atoms with E-state index in [2.05, 4.69) is 20.4 Å². The van der Waals surface area contributed by atoms with Gasteiger partial charge in [0, 0.05) is 31.8 Å². The van der Waals surface area contributed by atoms with Gasteiger partial charge < -0.3 is 14.6 Å². The summed E-state index contributed by atoms with van der Waals surface area (Å²) in [7, 11) is 1.67. The molecule has 0 saturated heterocycles. The Balaban J connectivity index is 1.86. The zero-order valence-electron chi connectivity index (χ0n) is 11.7. The highest BCUT2D eigenvalue weighted by Crippen LogP contribution is 2.43. The summed E-state index contributed by atoms with van der Waals surface area (Å²) in [5.74, 6) is 1.90. The van der Waals surface area contributed by atoms with Crippen molar-refractivity contribution in [2.75, 3.05) is 25.6 Å². The molecule has 1 aliphatic carbocycles. The highest BCUT2D eigenvalue weighted by Gasteiger charge is 2.29. The smallest absolute Gasteiger partial charge is 0.222 e. The second-order valence-electron chi connectivity index (χ2n) is 5.02. The van der Waals surface area contributed by atoms with Gasteiger partial charge in [-0.05, 0) is 19.8 Å². The van der Waals surface area contributed by atoms with E-state index in [0.717, 1.165) is 22.7 Å². The average Bonchev–Trinajstić information content (AvgIpc) is 3.21. The van der Waals surface area contributed by atoms with Crippen molar-refractivity contribution < 1.29 is 9.26 Å². The van der Waals surface area contributed by atoms with Crippen molar-refractivity contribution >= 4 is 5.95 Å². The first-order chi connectivity index (χ1) is 9.78. The highest BCUT2D eigenvalue weighted by molar-refractivity contribution is 5.61. The summed E-state index contributed by atoms with van der Waals surface area (Å²) >= 11 is 0. The Bertz CT molecular complexity index is 593. The number of hydrogen-bond donors (Lipinski definition) is 1. The number of aromatic nitrogens is 3. The van der Waals surface area contributed by atoms with Crippen LogP contribution in [0.5, 0.6) is 0 Å². The molecule has 1 saturated carbocycles. The molecular weight excluding hydrogens is 256 g/mol. The van der Waals surface area contributed by atoms with Crippen LogP contribution in [-0.4, -0.2) is 35.4 Å². The molecule has 0 aromatic carbocycles. The van der Waals surface area contributed by atoms with Gasteiger partial charge in [-0.1, -0.05) is 5.16 Å². The molecule has 1 fully saturated rings. The Kier molecular flexibility index (Phi) is 3.64. The first kappa shape index (κ1) is 13.1. The molecule has 0 spiro atoms. The maximum absolute atomic E-state index is 5.34. The molecule has 6 heteroatoms. The summed E-state index contributed by atoms with van der Waals surface area (Å²) in [5.41, 5.74) is 2.87. The zero-order valence-corrected chi connectivity index (χ0v) is 11.7. The monoisotopic (exact) mass is 274 g/mol. The van der Waals surface area contributed by atoms with Gasteiger partial charge in [-0.2, -0.15) is 0 Å². The van der Waals surface area contributed by atoms with Crippen LogP contribution < -0.4 is 5.32 Å². The molecule has 20 heavy (non-hydrogen) atoms. The number of nitrogens with zero attached hydrogens (tertiary/aromatic N) is 3. The summed E-state index contributed by atoms with van der Waals surface area (Å²) in [4.78, 5) is 8.97. The molecule has 0 bridgehead atoms. The third kappa shape index (κ3) is 2.80. The molecular formula is C14H18N4O2. The SMILES string of the molecule is COCCNc1ncc(-c2cc(C)no2)c(C2CC2)n1. The maximum atomic E-state index is 5.34. The predicted octanol–water partition coefficient (Wildman–Crippen LogP) is 2.38. The van der Waals surface area contributed by atoms with E-state index in [1.807, 2.05) is 19.2 Å². The molecule has 2 aromatic rings. The lowest BCUT2D eigenvalue weighted by molar-refractivity contribution is 0.210. The molecule has 0 amide bonds. The van der Waals surface area contributed by atoms with E-state index in [-0.39, 0.29) is 0 Å². The molecule has 6 nitrogen and oxygen atoms in total. The quantitative estimate of drug-likeness (QED) is 0.815. The van der Waals surface area contributed by atoms with Crippen LogP contribution in [-0.2, 0) is 4.74 Å². The van der Waals surface area contributed by atoms with Crippen LogP contribution in [0.3, 0.4) is 0 Å². The van der Waals surface area contributed by atoms with Gasteiger partial charge in [-0.3, -0.25) is 0 Å². The summed E-state index contributed by atoms with van der Waals surface area (Å²) in [6.45, 7) is 3.23. The van der Waals surface area contributed by atoms with Gasteiger partial charge in [0.1, 0.15) is 0 Å². The molecule has 2 aromatic heterocycles. The molecule has 0 radical (unpaired) electrons. The standard InChI is InChI=1S/C14H18N4O2/c1-9-7-12(20-18-9)11-8-16-14(15-5-6-19-2)17-13(11)10-3-4-10/h7-8,10H,3-6H2,1-2H3,(H,15,16,17). The lowest BCUT2D eigenvalue weighted by Gasteiger charge is -2.08. The number of aryl methyl sites for hydroxylation is 1. The second kappa shape index (κ2) is 5.58. The summed E-state index contributed by atoms with van der Waals surface area (Å²) in [6.07, 6.45) is 4.17. The van der Waals surface area contributed by atoms with Gasteiger partial charge in [0.25, 0.3) is 0 Å². The Morgan fingerprint density at radius 1 is 1.45 bits per heavy atom. The predicted molar refractivity (Wildman–Crippen MR) is 74.6 cm³/mol. The third-order valence-electron chi connectivity index (χ3n) is 3.27. The number of hydrogen-bond acceptors (Lipinski definition) is 6. The van der Waals surface area contributed by atoms with Crippen molar-refractivity contribution in [3.8, 4) is 11.3 Å². The van der Waals surface area contributed by atoms with Gasteiger partial charge in [0.15, 0.2) is 5.76 Å². The average molecular weight is 274 g/mol. The fourth-order valence-corrected chi connectivity index (χ4v) is 2.09. The zero-order chi connectivity index (χ0) is 13.9. The molecule has 2 heterocycles. The Hall–Kier alpha value is -1.95. The largest absolute Gasteiger partial charge is 0.383 e. The Morgan fingerprint density at radius 2 is 2.30 bits per heavy atom. The number of ether oxygens (including phenoxy) is 1. The number of nitrogens with one attached hydrogen (secondary N) is 1. The van der Waals surface area contributed by atoms with E-state index in [9.17, 15) is 0 Å². The topological polar surface area (TPSA) is 73.1 Å². The van der Waals surface area contributed by atoms with E-state index in [1.165, 1.54) is 12.8 Å². The van der Waals surface area contributed by atoms with Gasteiger partial charge in [-0.25, -0.2) is 9.97 Å². The molecule has 0 unspecified atom stereocenters. The normalized spacial score (nSPS) is 14.5. The fraction of sp³-hybridized carbons (Fsp3) is 0.500. The van der Waals surface area contributed by atoms with Crippen molar-refractivity contribution in [3.05, 3.63) is 23.7 Å². The number of methoxy groups -OCH3 is 1. The molecule has 0 atom stereocenters. The van der Waals surface area contributed by atoms with E-state index in [1.54, 1.807) is 7.11 Å². The van der Waals surface area contributed by atoms with Crippen LogP contribution in [0, 0.1) is 6.92 Å². The molecule has 1 aliphatic rings. The Labute approximate surface area is 117 Å². The van der Waals surface area contributed by atoms with Crippen molar-refractivity contribution in [2.24, 2.45) is 0 Å². The van der Waals surface area contributed by atoms with Crippen molar-refractivity contribution in [3.63, 3.8) is 0 Å². The summed E-state index contributed by atoms with van der Waals surface area (Å²) in [6, 6.07) is 1.92. The minimum atomic E-state index is 0.515. The van der Waals surface area contributed by atoms with Crippen LogP contribution >= 0.6 is 0 Å². The first-order valence-corrected chi connectivity index (χ1v) is 6.81. The van der Waals surface area contributed by atoms with E-state index < -0.39 is 0 Å². The van der Waals surface area contributed by atoms with Crippen LogP contribution in [0.2, 0.25) is 0 Å². The first-order valence-electron chi connectivity index (χ1n) is 6.81. The van der Waals surface area contributed by atoms with Crippen LogP contribution in [0.1, 0.15) is 30.1 Å². The summed E-state index contributed by atoms with van der Waals surface area (Å²) in [5, 5.41) is 7.09. The molecule has 3 rings (SSSR count). The van der Waals surface area contributed by atoms with E-state index >= 15 is 0 Å². The van der Waals surface area contributed by atoms with Crippen LogP contribution in [0.15, 0.2) is 16.8 Å². The van der Waals surface area contributed by atoms with Crippen molar-refractivity contribution in [1.82, 2.24) is 15.1 Å². The van der Waals surface area contributed by atoms with Crippen molar-refractivity contribution in [2.45, 2.75) is 25.7 Å². The van der Waals surface area contributed by atoms with Crippen LogP contribution in [0.4, 0.5) is 5.95 Å². The molecule has 1 N–H and O–H groups in total. The van der Waals surface area contributed by atoms with Gasteiger partial charge in [-0.15, -0.1) is 0 Å². The van der Waals surface area contributed by atoms with Crippen LogP contribution in [0.25, 0.3) is 11.3 Å². The Morgan fingerprint density at radius 3 is 2.95 bits per heavy atom. The number of rotatable bonds is 6. The molecule has 0 aliphatic heterocycles. The third-order valence-corrected chi connectivity index (χ3v) is 3.27. The van der Waals surface area contributed by atoms with Gasteiger partial charge >= 0.3 is 0 Å². The van der Waals surface area contributed by atoms with Gasteiger partial charge in [0.05, 0.1) is 23.6 Å². The molecule has 106 valence electrons. The number of anilines is 1. The minimum Gasteiger partial charge on any atom is -0.383 e. The highest BCUT2D eigenvalue weighted by atomic mass is 16.5. The van der Waals surface area contributed by atoms with Crippen molar-refractivity contribution in [1.29, 1.82) is 0 Å². The summed E-state index contributed by atoms with van der Waals surface area (Å²) < 4.78 is 10.3. The lowest BCUT2D eigenvalue weighted by Crippen LogP contribution is -2.11. The minimum absolute atomic E-state index is 0.515.